The summed E-state index contributed by atoms with van der Waals surface area (Å²) in [6, 6.07) is 11.9. The van der Waals surface area contributed by atoms with Crippen molar-refractivity contribution in [2.24, 2.45) is 0 Å². The monoisotopic (exact) mass is 582 g/mol. The lowest BCUT2D eigenvalue weighted by Gasteiger charge is -2.20. The van der Waals surface area contributed by atoms with Gasteiger partial charge in [-0.1, -0.05) is 61.1 Å². The van der Waals surface area contributed by atoms with Gasteiger partial charge in [-0.05, 0) is 67.5 Å². The molecule has 2 saturated carbocycles. The molecule has 2 aromatic carbocycles. The number of ether oxygens (including phenoxy) is 2. The van der Waals surface area contributed by atoms with Gasteiger partial charge in [-0.25, -0.2) is 9.36 Å². The van der Waals surface area contributed by atoms with Crippen molar-refractivity contribution in [3.63, 3.8) is 0 Å². The summed E-state index contributed by atoms with van der Waals surface area (Å²) in [4.78, 5) is 23.8. The van der Waals surface area contributed by atoms with Crippen molar-refractivity contribution >= 4 is 12.6 Å². The van der Waals surface area contributed by atoms with Gasteiger partial charge in [0.2, 0.25) is 0 Å². The molecule has 2 aliphatic carbocycles. The maximum Gasteiger partial charge on any atom is 0.153 e. The van der Waals surface area contributed by atoms with Crippen LogP contribution in [0, 0.1) is 0 Å². The minimum absolute atomic E-state index is 0.244. The summed E-state index contributed by atoms with van der Waals surface area (Å²) in [5.41, 5.74) is 4.28. The van der Waals surface area contributed by atoms with Crippen LogP contribution >= 0.6 is 0 Å². The van der Waals surface area contributed by atoms with Crippen molar-refractivity contribution in [3.8, 4) is 11.5 Å². The SMILES string of the molecule is O=Cc1cc(Cc2ccc(OCc3cn(C4CCCCC4)nn3)c(C=O)c2)ccc1OCc1cn(C2CCCCC2)nn1. The van der Waals surface area contributed by atoms with Crippen molar-refractivity contribution < 1.29 is 19.1 Å². The van der Waals surface area contributed by atoms with E-state index in [0.29, 0.717) is 41.1 Å². The van der Waals surface area contributed by atoms with Crippen LogP contribution in [0.4, 0.5) is 0 Å². The maximum absolute atomic E-state index is 11.9. The van der Waals surface area contributed by atoms with Gasteiger partial charge in [0.25, 0.3) is 0 Å². The van der Waals surface area contributed by atoms with Gasteiger partial charge in [0.15, 0.2) is 12.6 Å². The van der Waals surface area contributed by atoms with Crippen molar-refractivity contribution in [1.29, 1.82) is 0 Å². The van der Waals surface area contributed by atoms with Gasteiger partial charge >= 0.3 is 0 Å². The van der Waals surface area contributed by atoms with E-state index in [1.807, 2.05) is 58.2 Å². The van der Waals surface area contributed by atoms with Crippen LogP contribution in [0.15, 0.2) is 48.8 Å². The molecule has 10 heteroatoms. The lowest BCUT2D eigenvalue weighted by atomic mass is 9.96. The van der Waals surface area contributed by atoms with E-state index in [1.165, 1.54) is 38.5 Å². The zero-order valence-corrected chi connectivity index (χ0v) is 24.4. The standard InChI is InChI=1S/C33H38N6O4/c40-20-26-16-24(11-13-32(26)42-22-28-18-38(36-34-28)30-7-3-1-4-8-30)15-25-12-14-33(27(17-25)21-41)43-23-29-19-39(37-35-29)31-9-5-2-6-10-31/h11-14,16-21,30-31H,1-10,15,22-23H2. The largest absolute Gasteiger partial charge is 0.486 e. The van der Waals surface area contributed by atoms with Gasteiger partial charge in [0.1, 0.15) is 36.1 Å². The van der Waals surface area contributed by atoms with E-state index in [1.54, 1.807) is 0 Å². The number of carbonyl (C=O) groups excluding carboxylic acids is 2. The number of hydrogen-bond acceptors (Lipinski definition) is 8. The number of hydrogen-bond donors (Lipinski definition) is 0. The van der Waals surface area contributed by atoms with E-state index in [2.05, 4.69) is 20.6 Å². The molecule has 0 aliphatic heterocycles. The number of rotatable bonds is 12. The molecular formula is C33H38N6O4. The Kier molecular flexibility index (Phi) is 9.20. The highest BCUT2D eigenvalue weighted by Crippen LogP contribution is 2.29. The van der Waals surface area contributed by atoms with Crippen LogP contribution in [0.1, 0.15) is 120 Å². The Labute approximate surface area is 251 Å². The Morgan fingerprint density at radius 3 is 1.51 bits per heavy atom. The molecule has 4 aromatic rings. The van der Waals surface area contributed by atoms with Crippen LogP contribution in [-0.2, 0) is 19.6 Å². The predicted molar refractivity (Wildman–Crippen MR) is 159 cm³/mol. The third-order valence-electron chi connectivity index (χ3n) is 8.57. The smallest absolute Gasteiger partial charge is 0.153 e. The van der Waals surface area contributed by atoms with E-state index in [0.717, 1.165) is 60.8 Å². The normalized spacial score (nSPS) is 16.2. The van der Waals surface area contributed by atoms with Crippen LogP contribution in [0.25, 0.3) is 0 Å². The van der Waals surface area contributed by atoms with Crippen LogP contribution in [-0.4, -0.2) is 42.6 Å². The summed E-state index contributed by atoms with van der Waals surface area (Å²) in [6.45, 7) is 0.488. The number of aromatic nitrogens is 6. The number of aldehydes is 2. The summed E-state index contributed by atoms with van der Waals surface area (Å²) in [6.07, 6.45) is 18.1. The van der Waals surface area contributed by atoms with E-state index >= 15 is 0 Å². The fourth-order valence-corrected chi connectivity index (χ4v) is 6.21. The molecule has 0 N–H and O–H groups in total. The fourth-order valence-electron chi connectivity index (χ4n) is 6.21. The first-order chi connectivity index (χ1) is 21.2. The van der Waals surface area contributed by atoms with Gasteiger partial charge in [-0.2, -0.15) is 0 Å². The number of benzene rings is 2. The molecule has 0 unspecified atom stereocenters. The molecule has 224 valence electrons. The van der Waals surface area contributed by atoms with Crippen LogP contribution in [0.5, 0.6) is 11.5 Å². The molecule has 0 amide bonds. The average Bonchev–Trinajstić information content (AvgIpc) is 3.75. The molecule has 43 heavy (non-hydrogen) atoms. The molecule has 0 bridgehead atoms. The van der Waals surface area contributed by atoms with Crippen molar-refractivity contribution in [1.82, 2.24) is 30.0 Å². The molecular weight excluding hydrogens is 544 g/mol. The molecule has 0 spiro atoms. The molecule has 2 heterocycles. The zero-order chi connectivity index (χ0) is 29.4. The molecule has 6 rings (SSSR count). The molecule has 2 aromatic heterocycles. The fraction of sp³-hybridized carbons (Fsp3) is 0.455. The van der Waals surface area contributed by atoms with E-state index in [9.17, 15) is 9.59 Å². The number of carbonyl (C=O) groups is 2. The minimum Gasteiger partial charge on any atom is -0.486 e. The van der Waals surface area contributed by atoms with Crippen molar-refractivity contribution in [2.45, 2.75) is 95.9 Å². The highest BCUT2D eigenvalue weighted by atomic mass is 16.5. The van der Waals surface area contributed by atoms with Crippen LogP contribution in [0.2, 0.25) is 0 Å². The van der Waals surface area contributed by atoms with Crippen molar-refractivity contribution in [2.75, 3.05) is 0 Å². The summed E-state index contributed by atoms with van der Waals surface area (Å²) in [5, 5.41) is 17.1. The predicted octanol–water partition coefficient (Wildman–Crippen LogP) is 6.25. The third kappa shape index (κ3) is 7.18. The first-order valence-corrected chi connectivity index (χ1v) is 15.4. The maximum atomic E-state index is 11.9. The van der Waals surface area contributed by atoms with E-state index < -0.39 is 0 Å². The van der Waals surface area contributed by atoms with Crippen LogP contribution in [0.3, 0.4) is 0 Å². The summed E-state index contributed by atoms with van der Waals surface area (Å²) in [7, 11) is 0. The van der Waals surface area contributed by atoms with E-state index in [-0.39, 0.29) is 13.2 Å². The first kappa shape index (κ1) is 28.8. The average molecular weight is 583 g/mol. The highest BCUT2D eigenvalue weighted by molar-refractivity contribution is 5.80. The highest BCUT2D eigenvalue weighted by Gasteiger charge is 2.18. The quantitative estimate of drug-likeness (QED) is 0.180. The molecule has 0 saturated heterocycles. The van der Waals surface area contributed by atoms with Gasteiger partial charge in [-0.15, -0.1) is 10.2 Å². The minimum atomic E-state index is 0.244. The second-order valence-corrected chi connectivity index (χ2v) is 11.7. The Morgan fingerprint density at radius 2 is 1.09 bits per heavy atom. The Hall–Kier alpha value is -4.34. The van der Waals surface area contributed by atoms with Crippen molar-refractivity contribution in [3.05, 3.63) is 82.4 Å². The second kappa shape index (κ2) is 13.8. The Balaban J connectivity index is 1.05. The second-order valence-electron chi connectivity index (χ2n) is 11.7. The topological polar surface area (TPSA) is 114 Å². The molecule has 0 radical (unpaired) electrons. The molecule has 10 nitrogen and oxygen atoms in total. The third-order valence-corrected chi connectivity index (χ3v) is 8.57. The van der Waals surface area contributed by atoms with Crippen LogP contribution < -0.4 is 9.47 Å². The summed E-state index contributed by atoms with van der Waals surface area (Å²) >= 11 is 0. The lowest BCUT2D eigenvalue weighted by molar-refractivity contribution is 0.111. The molecule has 2 fully saturated rings. The van der Waals surface area contributed by atoms with E-state index in [4.69, 9.17) is 9.47 Å². The summed E-state index contributed by atoms with van der Waals surface area (Å²) in [5.74, 6) is 1.01. The molecule has 0 atom stereocenters. The first-order valence-electron chi connectivity index (χ1n) is 15.4. The number of nitrogens with zero attached hydrogens (tertiary/aromatic N) is 6. The molecule has 2 aliphatic rings. The Morgan fingerprint density at radius 1 is 0.651 bits per heavy atom. The zero-order valence-electron chi connectivity index (χ0n) is 24.4. The van der Waals surface area contributed by atoms with Gasteiger partial charge in [0.05, 0.1) is 35.6 Å². The van der Waals surface area contributed by atoms with Gasteiger partial charge < -0.3 is 9.47 Å². The van der Waals surface area contributed by atoms with Gasteiger partial charge in [0, 0.05) is 0 Å². The summed E-state index contributed by atoms with van der Waals surface area (Å²) < 4.78 is 15.8. The lowest BCUT2D eigenvalue weighted by Crippen LogP contribution is -2.13. The Bertz CT molecular complexity index is 1420. The van der Waals surface area contributed by atoms with Gasteiger partial charge in [-0.3, -0.25) is 9.59 Å².